The van der Waals surface area contributed by atoms with Crippen LogP contribution in [0.3, 0.4) is 0 Å². The van der Waals surface area contributed by atoms with Crippen LogP contribution in [0.15, 0.2) is 61.1 Å². The number of amides is 1. The Balaban J connectivity index is 1.84. The molecule has 0 bridgehead atoms. The van der Waals surface area contributed by atoms with Gasteiger partial charge in [-0.15, -0.1) is 0 Å². The van der Waals surface area contributed by atoms with Crippen molar-refractivity contribution in [2.75, 3.05) is 0 Å². The molecule has 0 aliphatic rings. The summed E-state index contributed by atoms with van der Waals surface area (Å²) >= 11 is 0. The van der Waals surface area contributed by atoms with Gasteiger partial charge in [0.15, 0.2) is 0 Å². The smallest absolute Gasteiger partial charge is 0.269 e. The maximum Gasteiger partial charge on any atom is 0.269 e. The Hall–Kier alpha value is -2.95. The first-order valence-electron chi connectivity index (χ1n) is 6.55. The highest BCUT2D eigenvalue weighted by atomic mass is 16.1. The zero-order valence-corrected chi connectivity index (χ0v) is 11.3. The molecule has 2 heterocycles. The summed E-state index contributed by atoms with van der Waals surface area (Å²) in [6, 6.07) is 13.7. The van der Waals surface area contributed by atoms with Crippen molar-refractivity contribution in [1.29, 1.82) is 0 Å². The standard InChI is InChI=1S/C16H14N4O/c17-16(21)15-6-9-20(19-15)11-12-2-1-3-14(10-12)13-4-7-18-8-5-13/h1-10H,11H2,(H2,17,21). The molecule has 0 radical (unpaired) electrons. The molecule has 104 valence electrons. The lowest BCUT2D eigenvalue weighted by molar-refractivity contribution is 0.0995. The minimum atomic E-state index is -0.515. The molecule has 2 N–H and O–H groups in total. The SMILES string of the molecule is NC(=O)c1ccn(Cc2cccc(-c3ccncc3)c2)n1. The molecule has 3 aromatic rings. The third-order valence-electron chi connectivity index (χ3n) is 3.18. The van der Waals surface area contributed by atoms with E-state index in [1.165, 1.54) is 0 Å². The molecule has 0 spiro atoms. The topological polar surface area (TPSA) is 73.8 Å². The molecule has 0 fully saturated rings. The van der Waals surface area contributed by atoms with Gasteiger partial charge in [-0.1, -0.05) is 18.2 Å². The molecule has 21 heavy (non-hydrogen) atoms. The predicted molar refractivity (Wildman–Crippen MR) is 79.5 cm³/mol. The number of nitrogens with two attached hydrogens (primary N) is 1. The molecule has 0 aliphatic carbocycles. The highest BCUT2D eigenvalue weighted by molar-refractivity contribution is 5.90. The fourth-order valence-corrected chi connectivity index (χ4v) is 2.16. The summed E-state index contributed by atoms with van der Waals surface area (Å²) in [5, 5.41) is 4.14. The number of carbonyl (C=O) groups is 1. The third kappa shape index (κ3) is 2.97. The van der Waals surface area contributed by atoms with Gasteiger partial charge in [-0.3, -0.25) is 14.5 Å². The molecule has 0 atom stereocenters. The molecule has 5 nitrogen and oxygen atoms in total. The lowest BCUT2D eigenvalue weighted by Crippen LogP contribution is -2.12. The number of nitrogens with zero attached hydrogens (tertiary/aromatic N) is 3. The van der Waals surface area contributed by atoms with Gasteiger partial charge in [-0.2, -0.15) is 5.10 Å². The summed E-state index contributed by atoms with van der Waals surface area (Å²) in [7, 11) is 0. The summed E-state index contributed by atoms with van der Waals surface area (Å²) in [5.41, 5.74) is 8.82. The first kappa shape index (κ1) is 13.1. The van der Waals surface area contributed by atoms with E-state index in [0.717, 1.165) is 16.7 Å². The molecular weight excluding hydrogens is 264 g/mol. The van der Waals surface area contributed by atoms with Crippen molar-refractivity contribution in [3.63, 3.8) is 0 Å². The van der Waals surface area contributed by atoms with Crippen LogP contribution in [0.4, 0.5) is 0 Å². The Kier molecular flexibility index (Phi) is 3.47. The second-order valence-electron chi connectivity index (χ2n) is 4.70. The van der Waals surface area contributed by atoms with E-state index in [-0.39, 0.29) is 5.69 Å². The monoisotopic (exact) mass is 278 g/mol. The van der Waals surface area contributed by atoms with Gasteiger partial charge in [0.2, 0.25) is 0 Å². The number of benzene rings is 1. The number of aromatic nitrogens is 3. The van der Waals surface area contributed by atoms with Crippen LogP contribution in [-0.4, -0.2) is 20.7 Å². The van der Waals surface area contributed by atoms with Gasteiger partial charge < -0.3 is 5.73 Å². The van der Waals surface area contributed by atoms with Crippen molar-refractivity contribution in [3.05, 3.63) is 72.3 Å². The van der Waals surface area contributed by atoms with Gasteiger partial charge in [0.1, 0.15) is 5.69 Å². The summed E-state index contributed by atoms with van der Waals surface area (Å²) < 4.78 is 1.70. The summed E-state index contributed by atoms with van der Waals surface area (Å²) in [5.74, 6) is -0.515. The maximum absolute atomic E-state index is 11.0. The van der Waals surface area contributed by atoms with Crippen LogP contribution in [0, 0.1) is 0 Å². The highest BCUT2D eigenvalue weighted by Gasteiger charge is 2.05. The van der Waals surface area contributed by atoms with Crippen LogP contribution in [0.1, 0.15) is 16.1 Å². The molecule has 0 saturated heterocycles. The van der Waals surface area contributed by atoms with Crippen LogP contribution in [0.2, 0.25) is 0 Å². The number of pyridine rings is 1. The van der Waals surface area contributed by atoms with Crippen LogP contribution in [0.25, 0.3) is 11.1 Å². The lowest BCUT2D eigenvalue weighted by Gasteiger charge is -2.06. The third-order valence-corrected chi connectivity index (χ3v) is 3.18. The molecule has 5 heteroatoms. The van der Waals surface area contributed by atoms with Crippen LogP contribution in [-0.2, 0) is 6.54 Å². The van der Waals surface area contributed by atoms with Crippen molar-refractivity contribution in [2.24, 2.45) is 5.73 Å². The highest BCUT2D eigenvalue weighted by Crippen LogP contribution is 2.19. The van der Waals surface area contributed by atoms with E-state index >= 15 is 0 Å². The molecular formula is C16H14N4O. The lowest BCUT2D eigenvalue weighted by atomic mass is 10.0. The molecule has 2 aromatic heterocycles. The average molecular weight is 278 g/mol. The van der Waals surface area contributed by atoms with Crippen molar-refractivity contribution >= 4 is 5.91 Å². The Morgan fingerprint density at radius 2 is 1.90 bits per heavy atom. The molecule has 0 unspecified atom stereocenters. The normalized spacial score (nSPS) is 10.5. The van der Waals surface area contributed by atoms with Gasteiger partial charge in [-0.25, -0.2) is 0 Å². The van der Waals surface area contributed by atoms with E-state index in [1.54, 1.807) is 29.3 Å². The Morgan fingerprint density at radius 1 is 1.10 bits per heavy atom. The van der Waals surface area contributed by atoms with Crippen molar-refractivity contribution < 1.29 is 4.79 Å². The molecule has 1 amide bonds. The van der Waals surface area contributed by atoms with Crippen molar-refractivity contribution in [2.45, 2.75) is 6.54 Å². The number of hydrogen-bond acceptors (Lipinski definition) is 3. The molecule has 1 aromatic carbocycles. The predicted octanol–water partition coefficient (Wildman–Crippen LogP) is 2.09. The summed E-state index contributed by atoms with van der Waals surface area (Å²) in [6.07, 6.45) is 5.29. The van der Waals surface area contributed by atoms with E-state index in [9.17, 15) is 4.79 Å². The minimum absolute atomic E-state index is 0.278. The number of hydrogen-bond donors (Lipinski definition) is 1. The zero-order valence-electron chi connectivity index (χ0n) is 11.3. The zero-order chi connectivity index (χ0) is 14.7. The Morgan fingerprint density at radius 3 is 2.62 bits per heavy atom. The molecule has 0 aliphatic heterocycles. The van der Waals surface area contributed by atoms with E-state index in [2.05, 4.69) is 22.2 Å². The Labute approximate surface area is 122 Å². The maximum atomic E-state index is 11.0. The van der Waals surface area contributed by atoms with Crippen LogP contribution in [0.5, 0.6) is 0 Å². The number of rotatable bonds is 4. The van der Waals surface area contributed by atoms with Gasteiger partial charge in [-0.05, 0) is 41.0 Å². The first-order chi connectivity index (χ1) is 10.2. The quantitative estimate of drug-likeness (QED) is 0.794. The second-order valence-corrected chi connectivity index (χ2v) is 4.70. The van der Waals surface area contributed by atoms with Gasteiger partial charge >= 0.3 is 0 Å². The van der Waals surface area contributed by atoms with Crippen LogP contribution < -0.4 is 5.73 Å². The van der Waals surface area contributed by atoms with Gasteiger partial charge in [0, 0.05) is 18.6 Å². The van der Waals surface area contributed by atoms with E-state index in [4.69, 9.17) is 5.73 Å². The van der Waals surface area contributed by atoms with Crippen molar-refractivity contribution in [1.82, 2.24) is 14.8 Å². The van der Waals surface area contributed by atoms with Gasteiger partial charge in [0.25, 0.3) is 5.91 Å². The minimum Gasteiger partial charge on any atom is -0.364 e. The first-order valence-corrected chi connectivity index (χ1v) is 6.55. The fourth-order valence-electron chi connectivity index (χ4n) is 2.16. The fraction of sp³-hybridized carbons (Fsp3) is 0.0625. The average Bonchev–Trinajstić information content (AvgIpc) is 2.97. The van der Waals surface area contributed by atoms with E-state index in [1.807, 2.05) is 24.3 Å². The summed E-state index contributed by atoms with van der Waals surface area (Å²) in [4.78, 5) is 15.1. The Bertz CT molecular complexity index is 765. The number of primary amides is 1. The molecule has 0 saturated carbocycles. The van der Waals surface area contributed by atoms with Crippen molar-refractivity contribution in [3.8, 4) is 11.1 Å². The second kappa shape index (κ2) is 5.58. The molecule has 3 rings (SSSR count). The van der Waals surface area contributed by atoms with Crippen LogP contribution >= 0.6 is 0 Å². The van der Waals surface area contributed by atoms with E-state index in [0.29, 0.717) is 6.54 Å². The van der Waals surface area contributed by atoms with Gasteiger partial charge in [0.05, 0.1) is 6.54 Å². The van der Waals surface area contributed by atoms with E-state index < -0.39 is 5.91 Å². The summed E-state index contributed by atoms with van der Waals surface area (Å²) in [6.45, 7) is 0.589. The number of carbonyl (C=O) groups excluding carboxylic acids is 1. The largest absolute Gasteiger partial charge is 0.364 e.